The van der Waals surface area contributed by atoms with E-state index < -0.39 is 28.4 Å². The lowest BCUT2D eigenvalue weighted by Crippen LogP contribution is -2.39. The van der Waals surface area contributed by atoms with Crippen molar-refractivity contribution in [3.63, 3.8) is 0 Å². The van der Waals surface area contributed by atoms with Crippen LogP contribution < -0.4 is 33.1 Å². The highest BCUT2D eigenvalue weighted by atomic mass is 16.2. The lowest BCUT2D eigenvalue weighted by Gasteiger charge is -2.20. The van der Waals surface area contributed by atoms with E-state index in [2.05, 4.69) is 9.97 Å². The summed E-state index contributed by atoms with van der Waals surface area (Å²) in [6.45, 7) is 1.97. The van der Waals surface area contributed by atoms with Crippen molar-refractivity contribution in [2.75, 3.05) is 17.7 Å². The van der Waals surface area contributed by atoms with E-state index in [-0.39, 0.29) is 41.1 Å². The van der Waals surface area contributed by atoms with E-state index in [1.54, 1.807) is 31.2 Å². The standard InChI is InChI=1S/C23H22N6O5/c1-3-28-21(32)15-10-9-14(11-16(15)25-22(28)33)20(31)27(2)17-18(24)29(23(34)26-19(17)30)12-13-7-5-4-6-8-13/h4-11H,3,12,24H2,1-2H3,(H,25,33)(H,26,30,34). The number of nitrogens with zero attached hydrogens (tertiary/aromatic N) is 3. The molecule has 11 heteroatoms. The van der Waals surface area contributed by atoms with Gasteiger partial charge in [0, 0.05) is 19.2 Å². The smallest absolute Gasteiger partial charge is 0.330 e. The Morgan fingerprint density at radius 1 is 0.971 bits per heavy atom. The molecule has 0 aliphatic rings. The first-order valence-corrected chi connectivity index (χ1v) is 10.4. The lowest BCUT2D eigenvalue weighted by molar-refractivity contribution is 0.0992. The van der Waals surface area contributed by atoms with Crippen molar-refractivity contribution in [2.24, 2.45) is 0 Å². The summed E-state index contributed by atoms with van der Waals surface area (Å²) in [6.07, 6.45) is 0. The molecule has 2 aromatic carbocycles. The molecule has 4 N–H and O–H groups in total. The Balaban J connectivity index is 1.77. The second kappa shape index (κ2) is 8.70. The summed E-state index contributed by atoms with van der Waals surface area (Å²) in [5.74, 6) is -0.794. The van der Waals surface area contributed by atoms with Gasteiger partial charge in [0.2, 0.25) is 0 Å². The molecule has 0 atom stereocenters. The topological polar surface area (TPSA) is 156 Å². The Morgan fingerprint density at radius 3 is 2.32 bits per heavy atom. The number of amides is 1. The third-order valence-corrected chi connectivity index (χ3v) is 5.58. The summed E-state index contributed by atoms with van der Waals surface area (Å²) in [4.78, 5) is 68.6. The van der Waals surface area contributed by atoms with Crippen molar-refractivity contribution in [3.05, 3.63) is 101 Å². The number of nitrogens with two attached hydrogens (primary N) is 1. The first-order valence-electron chi connectivity index (χ1n) is 10.4. The molecule has 0 spiro atoms. The van der Waals surface area contributed by atoms with Gasteiger partial charge in [0.15, 0.2) is 5.69 Å². The number of benzene rings is 2. The fourth-order valence-electron chi connectivity index (χ4n) is 3.79. The number of carbonyl (C=O) groups excluding carboxylic acids is 1. The lowest BCUT2D eigenvalue weighted by atomic mass is 10.1. The summed E-state index contributed by atoms with van der Waals surface area (Å²) >= 11 is 0. The van der Waals surface area contributed by atoms with Gasteiger partial charge in [-0.15, -0.1) is 0 Å². The fourth-order valence-corrected chi connectivity index (χ4v) is 3.79. The summed E-state index contributed by atoms with van der Waals surface area (Å²) in [6, 6.07) is 13.3. The van der Waals surface area contributed by atoms with Crippen LogP contribution in [-0.4, -0.2) is 32.1 Å². The molecule has 4 aromatic rings. The number of aromatic amines is 2. The molecular weight excluding hydrogens is 440 g/mol. The largest absolute Gasteiger partial charge is 0.383 e. The first-order chi connectivity index (χ1) is 16.2. The van der Waals surface area contributed by atoms with Crippen LogP contribution in [0.3, 0.4) is 0 Å². The predicted octanol–water partition coefficient (Wildman–Crippen LogP) is 0.467. The van der Waals surface area contributed by atoms with Gasteiger partial charge in [-0.25, -0.2) is 9.59 Å². The van der Waals surface area contributed by atoms with E-state index in [0.29, 0.717) is 0 Å². The minimum atomic E-state index is -0.817. The zero-order valence-corrected chi connectivity index (χ0v) is 18.5. The van der Waals surface area contributed by atoms with E-state index >= 15 is 0 Å². The Labute approximate surface area is 191 Å². The molecule has 0 bridgehead atoms. The maximum Gasteiger partial charge on any atom is 0.330 e. The molecule has 11 nitrogen and oxygen atoms in total. The molecule has 34 heavy (non-hydrogen) atoms. The van der Waals surface area contributed by atoms with Gasteiger partial charge in [-0.3, -0.25) is 28.5 Å². The number of carbonyl (C=O) groups is 1. The molecule has 2 aromatic heterocycles. The van der Waals surface area contributed by atoms with Crippen LogP contribution in [0.25, 0.3) is 10.9 Å². The number of hydrogen-bond donors (Lipinski definition) is 3. The van der Waals surface area contributed by atoms with Gasteiger partial charge < -0.3 is 15.6 Å². The minimum Gasteiger partial charge on any atom is -0.383 e. The zero-order chi connectivity index (χ0) is 24.6. The van der Waals surface area contributed by atoms with Crippen molar-refractivity contribution in [2.45, 2.75) is 20.0 Å². The van der Waals surface area contributed by atoms with Gasteiger partial charge >= 0.3 is 11.4 Å². The normalized spacial score (nSPS) is 11.0. The molecule has 2 heterocycles. The SMILES string of the molecule is CCn1c(=O)[nH]c2cc(C(=O)N(C)c3c(N)n(Cc4ccccc4)c(=O)[nH]c3=O)ccc2c1=O. The number of H-pyrrole nitrogens is 2. The van der Waals surface area contributed by atoms with Crippen LogP contribution in [0.4, 0.5) is 11.5 Å². The van der Waals surface area contributed by atoms with Crippen molar-refractivity contribution in [3.8, 4) is 0 Å². The summed E-state index contributed by atoms with van der Waals surface area (Å²) in [7, 11) is 1.35. The van der Waals surface area contributed by atoms with Gasteiger partial charge in [-0.2, -0.15) is 0 Å². The molecule has 0 aliphatic heterocycles. The van der Waals surface area contributed by atoms with Crippen LogP contribution >= 0.6 is 0 Å². The average Bonchev–Trinajstić information content (AvgIpc) is 2.81. The molecule has 0 aliphatic carbocycles. The molecule has 0 radical (unpaired) electrons. The highest BCUT2D eigenvalue weighted by molar-refractivity contribution is 6.08. The number of aromatic nitrogens is 4. The van der Waals surface area contributed by atoms with Crippen LogP contribution in [0.2, 0.25) is 0 Å². The Morgan fingerprint density at radius 2 is 1.65 bits per heavy atom. The number of fused-ring (bicyclic) bond motifs is 1. The minimum absolute atomic E-state index is 0.0955. The monoisotopic (exact) mass is 462 g/mol. The third kappa shape index (κ3) is 3.83. The molecule has 0 unspecified atom stereocenters. The summed E-state index contributed by atoms with van der Waals surface area (Å²) < 4.78 is 2.22. The molecular formula is C23H22N6O5. The van der Waals surface area contributed by atoms with E-state index in [1.807, 2.05) is 6.07 Å². The fraction of sp³-hybridized carbons (Fsp3) is 0.174. The van der Waals surface area contributed by atoms with Crippen LogP contribution in [-0.2, 0) is 13.1 Å². The zero-order valence-electron chi connectivity index (χ0n) is 18.5. The van der Waals surface area contributed by atoms with Crippen molar-refractivity contribution >= 4 is 28.3 Å². The van der Waals surface area contributed by atoms with Crippen molar-refractivity contribution in [1.82, 2.24) is 19.1 Å². The number of hydrogen-bond acceptors (Lipinski definition) is 6. The van der Waals surface area contributed by atoms with E-state index in [4.69, 9.17) is 5.73 Å². The van der Waals surface area contributed by atoms with Gasteiger partial charge in [0.1, 0.15) is 5.82 Å². The quantitative estimate of drug-likeness (QED) is 0.391. The number of nitrogens with one attached hydrogen (secondary N) is 2. The molecule has 1 amide bonds. The van der Waals surface area contributed by atoms with E-state index in [0.717, 1.165) is 15.0 Å². The van der Waals surface area contributed by atoms with Crippen LogP contribution in [0.5, 0.6) is 0 Å². The molecule has 0 fully saturated rings. The molecule has 174 valence electrons. The molecule has 0 saturated carbocycles. The third-order valence-electron chi connectivity index (χ3n) is 5.58. The van der Waals surface area contributed by atoms with Crippen LogP contribution in [0.1, 0.15) is 22.8 Å². The maximum atomic E-state index is 13.2. The second-order valence-corrected chi connectivity index (χ2v) is 7.67. The molecule has 4 rings (SSSR count). The van der Waals surface area contributed by atoms with Gasteiger partial charge in [-0.05, 0) is 30.7 Å². The predicted molar refractivity (Wildman–Crippen MR) is 129 cm³/mol. The van der Waals surface area contributed by atoms with Crippen molar-refractivity contribution < 1.29 is 4.79 Å². The Hall–Kier alpha value is -4.67. The van der Waals surface area contributed by atoms with Crippen LogP contribution in [0.15, 0.2) is 67.7 Å². The van der Waals surface area contributed by atoms with Crippen molar-refractivity contribution in [1.29, 1.82) is 0 Å². The van der Waals surface area contributed by atoms with Crippen LogP contribution in [0, 0.1) is 0 Å². The van der Waals surface area contributed by atoms with Gasteiger partial charge in [0.25, 0.3) is 17.0 Å². The first kappa shape index (κ1) is 22.5. The second-order valence-electron chi connectivity index (χ2n) is 7.67. The number of anilines is 2. The van der Waals surface area contributed by atoms with E-state index in [9.17, 15) is 24.0 Å². The summed E-state index contributed by atoms with van der Waals surface area (Å²) in [5.41, 5.74) is 4.47. The Bertz CT molecular complexity index is 1650. The highest BCUT2D eigenvalue weighted by Crippen LogP contribution is 2.19. The van der Waals surface area contributed by atoms with E-state index in [1.165, 1.54) is 29.8 Å². The number of nitrogen functional groups attached to an aromatic ring is 1. The Kier molecular flexibility index (Phi) is 5.76. The number of rotatable bonds is 5. The maximum absolute atomic E-state index is 13.2. The summed E-state index contributed by atoms with van der Waals surface area (Å²) in [5, 5.41) is 0.245. The van der Waals surface area contributed by atoms with Gasteiger partial charge in [-0.1, -0.05) is 30.3 Å². The average molecular weight is 462 g/mol. The highest BCUT2D eigenvalue weighted by Gasteiger charge is 2.23. The molecule has 0 saturated heterocycles. The van der Waals surface area contributed by atoms with Gasteiger partial charge in [0.05, 0.1) is 17.4 Å².